The highest BCUT2D eigenvalue weighted by Crippen LogP contribution is 2.27. The molecule has 0 amide bonds. The normalized spacial score (nSPS) is 22.5. The van der Waals surface area contributed by atoms with E-state index >= 15 is 0 Å². The first kappa shape index (κ1) is 11.5. The minimum Gasteiger partial charge on any atom is -0.381 e. The van der Waals surface area contributed by atoms with Gasteiger partial charge in [-0.2, -0.15) is 0 Å². The Morgan fingerprint density at radius 3 is 3.25 bits per heavy atom. The molecule has 1 fully saturated rings. The van der Waals surface area contributed by atoms with Crippen LogP contribution in [0, 0.1) is 5.92 Å². The van der Waals surface area contributed by atoms with E-state index in [4.69, 9.17) is 10.6 Å². The maximum absolute atomic E-state index is 5.63. The van der Waals surface area contributed by atoms with Crippen molar-refractivity contribution in [3.8, 4) is 0 Å². The van der Waals surface area contributed by atoms with Crippen molar-refractivity contribution < 1.29 is 4.74 Å². The van der Waals surface area contributed by atoms with Crippen LogP contribution in [-0.4, -0.2) is 28.2 Å². The minimum absolute atomic E-state index is 0.0871. The molecule has 3 N–H and O–H groups in total. The maximum atomic E-state index is 5.63. The van der Waals surface area contributed by atoms with Gasteiger partial charge in [0.1, 0.15) is 0 Å². The van der Waals surface area contributed by atoms with E-state index in [1.165, 1.54) is 0 Å². The molecule has 2 unspecified atom stereocenters. The lowest BCUT2D eigenvalue weighted by molar-refractivity contribution is 0.175. The fourth-order valence-electron chi connectivity index (χ4n) is 2.17. The number of aryl methyl sites for hydroxylation is 1. The zero-order valence-electron chi connectivity index (χ0n) is 9.59. The van der Waals surface area contributed by atoms with E-state index in [1.54, 1.807) is 6.20 Å². The molecule has 0 saturated carbocycles. The summed E-state index contributed by atoms with van der Waals surface area (Å²) in [4.78, 5) is 0. The van der Waals surface area contributed by atoms with Crippen LogP contribution in [0.25, 0.3) is 0 Å². The first-order valence-corrected chi connectivity index (χ1v) is 5.79. The summed E-state index contributed by atoms with van der Waals surface area (Å²) in [6.07, 6.45) is 3.86. The molecular weight excluding hydrogens is 206 g/mol. The number of hydrogen-bond donors (Lipinski definition) is 2. The van der Waals surface area contributed by atoms with Gasteiger partial charge in [0, 0.05) is 19.1 Å². The van der Waals surface area contributed by atoms with E-state index in [1.807, 2.05) is 4.68 Å². The van der Waals surface area contributed by atoms with Crippen molar-refractivity contribution in [1.29, 1.82) is 0 Å². The Balaban J connectivity index is 2.15. The average molecular weight is 225 g/mol. The van der Waals surface area contributed by atoms with Crippen LogP contribution in [0.15, 0.2) is 6.20 Å². The van der Waals surface area contributed by atoms with Gasteiger partial charge in [0.25, 0.3) is 0 Å². The summed E-state index contributed by atoms with van der Waals surface area (Å²) < 4.78 is 7.31. The largest absolute Gasteiger partial charge is 0.381 e. The molecule has 0 aliphatic carbocycles. The summed E-state index contributed by atoms with van der Waals surface area (Å²) in [6, 6.07) is 0.0871. The van der Waals surface area contributed by atoms with Crippen LogP contribution >= 0.6 is 0 Å². The van der Waals surface area contributed by atoms with Gasteiger partial charge >= 0.3 is 0 Å². The van der Waals surface area contributed by atoms with Crippen LogP contribution in [0.4, 0.5) is 0 Å². The third kappa shape index (κ3) is 2.23. The molecule has 2 heterocycles. The Morgan fingerprint density at radius 1 is 1.75 bits per heavy atom. The Bertz CT molecular complexity index is 321. The molecule has 2 atom stereocenters. The number of nitrogens with zero attached hydrogens (tertiary/aromatic N) is 3. The molecule has 0 spiro atoms. The second-order valence-electron chi connectivity index (χ2n) is 4.15. The zero-order chi connectivity index (χ0) is 11.4. The number of ether oxygens (including phenoxy) is 1. The zero-order valence-corrected chi connectivity index (χ0v) is 9.59. The number of aromatic nitrogens is 3. The van der Waals surface area contributed by atoms with E-state index in [0.717, 1.165) is 38.3 Å². The van der Waals surface area contributed by atoms with Gasteiger partial charge in [-0.1, -0.05) is 12.1 Å². The van der Waals surface area contributed by atoms with Crippen molar-refractivity contribution in [1.82, 2.24) is 20.4 Å². The quantitative estimate of drug-likeness (QED) is 0.554. The summed E-state index contributed by atoms with van der Waals surface area (Å²) in [5.41, 5.74) is 3.92. The number of nitrogens with two attached hydrogens (primary N) is 1. The van der Waals surface area contributed by atoms with Crippen LogP contribution in [-0.2, 0) is 11.3 Å². The van der Waals surface area contributed by atoms with Gasteiger partial charge in [-0.3, -0.25) is 11.3 Å². The molecular formula is C10H19N5O. The standard InChI is InChI=1S/C10H19N5O/c1-2-4-15-9(6-12-14-15)10(13-11)8-3-5-16-7-8/h6,8,10,13H,2-5,7,11H2,1H3. The first-order valence-electron chi connectivity index (χ1n) is 5.79. The highest BCUT2D eigenvalue weighted by Gasteiger charge is 2.28. The smallest absolute Gasteiger partial charge is 0.0773 e. The van der Waals surface area contributed by atoms with Gasteiger partial charge in [0.15, 0.2) is 0 Å². The molecule has 1 aliphatic heterocycles. The van der Waals surface area contributed by atoms with Crippen LogP contribution in [0.2, 0.25) is 0 Å². The van der Waals surface area contributed by atoms with Crippen molar-refractivity contribution >= 4 is 0 Å². The Labute approximate surface area is 95.1 Å². The lowest BCUT2D eigenvalue weighted by Crippen LogP contribution is -2.35. The number of rotatable bonds is 5. The lowest BCUT2D eigenvalue weighted by Gasteiger charge is -2.21. The molecule has 1 aliphatic rings. The Hall–Kier alpha value is -0.980. The van der Waals surface area contributed by atoms with Crippen LogP contribution in [0.1, 0.15) is 31.5 Å². The lowest BCUT2D eigenvalue weighted by atomic mass is 9.97. The molecule has 6 nitrogen and oxygen atoms in total. The highest BCUT2D eigenvalue weighted by atomic mass is 16.5. The summed E-state index contributed by atoms with van der Waals surface area (Å²) in [7, 11) is 0. The fraction of sp³-hybridized carbons (Fsp3) is 0.800. The van der Waals surface area contributed by atoms with E-state index < -0.39 is 0 Å². The Morgan fingerprint density at radius 2 is 2.62 bits per heavy atom. The second-order valence-corrected chi connectivity index (χ2v) is 4.15. The highest BCUT2D eigenvalue weighted by molar-refractivity contribution is 5.04. The third-order valence-electron chi connectivity index (χ3n) is 3.02. The van der Waals surface area contributed by atoms with Crippen LogP contribution in [0.5, 0.6) is 0 Å². The van der Waals surface area contributed by atoms with Gasteiger partial charge in [0.05, 0.1) is 24.5 Å². The summed E-state index contributed by atoms with van der Waals surface area (Å²) in [5.74, 6) is 6.05. The van der Waals surface area contributed by atoms with Gasteiger partial charge in [-0.15, -0.1) is 5.10 Å². The fourth-order valence-corrected chi connectivity index (χ4v) is 2.17. The molecule has 2 rings (SSSR count). The maximum Gasteiger partial charge on any atom is 0.0773 e. The average Bonchev–Trinajstić information content (AvgIpc) is 2.92. The van der Waals surface area contributed by atoms with Crippen molar-refractivity contribution in [2.75, 3.05) is 13.2 Å². The van der Waals surface area contributed by atoms with E-state index in [-0.39, 0.29) is 6.04 Å². The molecule has 16 heavy (non-hydrogen) atoms. The molecule has 90 valence electrons. The number of hydrogen-bond acceptors (Lipinski definition) is 5. The van der Waals surface area contributed by atoms with E-state index in [9.17, 15) is 0 Å². The first-order chi connectivity index (χ1) is 7.86. The molecule has 1 aromatic rings. The monoisotopic (exact) mass is 225 g/mol. The SMILES string of the molecule is CCCn1nncc1C(NN)C1CCOC1. The minimum atomic E-state index is 0.0871. The summed E-state index contributed by atoms with van der Waals surface area (Å²) >= 11 is 0. The molecule has 1 saturated heterocycles. The van der Waals surface area contributed by atoms with Crippen LogP contribution in [0.3, 0.4) is 0 Å². The topological polar surface area (TPSA) is 78.0 Å². The van der Waals surface area contributed by atoms with Gasteiger partial charge < -0.3 is 4.74 Å². The summed E-state index contributed by atoms with van der Waals surface area (Å²) in [6.45, 7) is 4.57. The van der Waals surface area contributed by atoms with Gasteiger partial charge in [0.2, 0.25) is 0 Å². The van der Waals surface area contributed by atoms with Gasteiger partial charge in [-0.25, -0.2) is 4.68 Å². The molecule has 0 bridgehead atoms. The second kappa shape index (κ2) is 5.38. The molecule has 0 radical (unpaired) electrons. The third-order valence-corrected chi connectivity index (χ3v) is 3.02. The van der Waals surface area contributed by atoms with Crippen molar-refractivity contribution in [2.45, 2.75) is 32.4 Å². The van der Waals surface area contributed by atoms with Crippen molar-refractivity contribution in [2.24, 2.45) is 11.8 Å². The van der Waals surface area contributed by atoms with Gasteiger partial charge in [-0.05, 0) is 12.8 Å². The van der Waals surface area contributed by atoms with Crippen molar-refractivity contribution in [3.63, 3.8) is 0 Å². The predicted octanol–water partition coefficient (Wildman–Crippen LogP) is 0.229. The predicted molar refractivity (Wildman–Crippen MR) is 59.3 cm³/mol. The number of hydrazine groups is 1. The molecule has 6 heteroatoms. The molecule has 0 aromatic carbocycles. The number of nitrogens with one attached hydrogen (secondary N) is 1. The van der Waals surface area contributed by atoms with E-state index in [0.29, 0.717) is 5.92 Å². The van der Waals surface area contributed by atoms with Crippen LogP contribution < -0.4 is 11.3 Å². The van der Waals surface area contributed by atoms with E-state index in [2.05, 4.69) is 22.7 Å². The Kier molecular flexibility index (Phi) is 3.87. The summed E-state index contributed by atoms with van der Waals surface area (Å²) in [5, 5.41) is 8.03. The molecule has 1 aromatic heterocycles. The van der Waals surface area contributed by atoms with Crippen molar-refractivity contribution in [3.05, 3.63) is 11.9 Å².